The molecule has 2 heteroatoms. The number of nitrogens with one attached hydrogen (secondary N) is 2. The third-order valence-corrected chi connectivity index (χ3v) is 2.43. The Balaban J connectivity index is 2.31. The summed E-state index contributed by atoms with van der Waals surface area (Å²) in [5.41, 5.74) is 0. The minimum atomic E-state index is 0.619. The van der Waals surface area contributed by atoms with Gasteiger partial charge in [-0.05, 0) is 19.9 Å². The van der Waals surface area contributed by atoms with Crippen LogP contribution in [0, 0.1) is 0 Å². The van der Waals surface area contributed by atoms with E-state index in [1.807, 2.05) is 0 Å². The Morgan fingerprint density at radius 1 is 1.18 bits per heavy atom. The van der Waals surface area contributed by atoms with Crippen molar-refractivity contribution in [3.63, 3.8) is 0 Å². The van der Waals surface area contributed by atoms with Crippen LogP contribution in [0.2, 0.25) is 0 Å². The van der Waals surface area contributed by atoms with E-state index in [4.69, 9.17) is 0 Å². The average Bonchev–Trinajstić information content (AvgIpc) is 2.34. The predicted octanol–water partition coefficient (Wildman–Crippen LogP) is 1.12. The zero-order valence-corrected chi connectivity index (χ0v) is 7.85. The van der Waals surface area contributed by atoms with Crippen LogP contribution in [-0.2, 0) is 0 Å². The van der Waals surface area contributed by atoms with Crippen molar-refractivity contribution in [3.8, 4) is 0 Å². The van der Waals surface area contributed by atoms with Crippen molar-refractivity contribution >= 4 is 0 Å². The van der Waals surface area contributed by atoms with Crippen molar-refractivity contribution in [2.75, 3.05) is 7.05 Å². The van der Waals surface area contributed by atoms with Gasteiger partial charge in [-0.15, -0.1) is 0 Å². The first-order chi connectivity index (χ1) is 5.24. The fourth-order valence-electron chi connectivity index (χ4n) is 1.93. The van der Waals surface area contributed by atoms with Crippen molar-refractivity contribution < 1.29 is 0 Å². The standard InChI is InChI=1S/C9H20N2/c1-7(2)11-9-6-4-5-8(9)10-3/h7-11H,4-6H2,1-3H3/t8-,9+/m0/s1. The van der Waals surface area contributed by atoms with Crippen LogP contribution < -0.4 is 10.6 Å². The summed E-state index contributed by atoms with van der Waals surface area (Å²) in [5.74, 6) is 0. The Hall–Kier alpha value is -0.0800. The lowest BCUT2D eigenvalue weighted by atomic mass is 10.1. The van der Waals surface area contributed by atoms with E-state index in [0.29, 0.717) is 18.1 Å². The molecule has 0 radical (unpaired) electrons. The van der Waals surface area contributed by atoms with Gasteiger partial charge in [-0.1, -0.05) is 20.3 Å². The van der Waals surface area contributed by atoms with Gasteiger partial charge in [0.05, 0.1) is 0 Å². The summed E-state index contributed by atoms with van der Waals surface area (Å²) < 4.78 is 0. The summed E-state index contributed by atoms with van der Waals surface area (Å²) in [5, 5.41) is 6.94. The first-order valence-electron chi connectivity index (χ1n) is 4.67. The van der Waals surface area contributed by atoms with Gasteiger partial charge in [-0.2, -0.15) is 0 Å². The molecular weight excluding hydrogens is 136 g/mol. The van der Waals surface area contributed by atoms with Gasteiger partial charge < -0.3 is 10.6 Å². The molecule has 0 aromatic carbocycles. The molecule has 1 aliphatic rings. The van der Waals surface area contributed by atoms with Gasteiger partial charge in [0.1, 0.15) is 0 Å². The second-order valence-corrected chi connectivity index (χ2v) is 3.75. The molecule has 0 heterocycles. The maximum absolute atomic E-state index is 3.58. The maximum Gasteiger partial charge on any atom is 0.0223 e. The molecule has 0 saturated heterocycles. The fourth-order valence-corrected chi connectivity index (χ4v) is 1.93. The molecule has 0 bridgehead atoms. The number of likely N-dealkylation sites (N-methyl/N-ethyl adjacent to an activating group) is 1. The fraction of sp³-hybridized carbons (Fsp3) is 1.00. The SMILES string of the molecule is CN[C@H]1CCC[C@H]1NC(C)C. The maximum atomic E-state index is 3.58. The molecule has 0 aliphatic heterocycles. The number of rotatable bonds is 3. The van der Waals surface area contributed by atoms with Crippen molar-refractivity contribution in [3.05, 3.63) is 0 Å². The Morgan fingerprint density at radius 3 is 2.36 bits per heavy atom. The Bertz CT molecular complexity index is 112. The minimum absolute atomic E-state index is 0.619. The van der Waals surface area contributed by atoms with E-state index >= 15 is 0 Å². The summed E-state index contributed by atoms with van der Waals surface area (Å²) in [4.78, 5) is 0. The highest BCUT2D eigenvalue weighted by molar-refractivity contribution is 4.88. The highest BCUT2D eigenvalue weighted by atomic mass is 15.0. The Morgan fingerprint density at radius 2 is 1.82 bits per heavy atom. The molecule has 66 valence electrons. The zero-order chi connectivity index (χ0) is 8.27. The van der Waals surface area contributed by atoms with Crippen LogP contribution in [0.5, 0.6) is 0 Å². The molecule has 2 nitrogen and oxygen atoms in total. The summed E-state index contributed by atoms with van der Waals surface area (Å²) in [6.07, 6.45) is 4.04. The summed E-state index contributed by atoms with van der Waals surface area (Å²) in [6, 6.07) is 2.03. The first kappa shape index (κ1) is 9.01. The van der Waals surface area contributed by atoms with Crippen LogP contribution in [-0.4, -0.2) is 25.2 Å². The molecule has 1 rings (SSSR count). The molecule has 0 spiro atoms. The first-order valence-corrected chi connectivity index (χ1v) is 4.67. The van der Waals surface area contributed by atoms with E-state index in [1.165, 1.54) is 19.3 Å². The highest BCUT2D eigenvalue weighted by Gasteiger charge is 2.25. The molecule has 1 saturated carbocycles. The zero-order valence-electron chi connectivity index (χ0n) is 7.85. The van der Waals surface area contributed by atoms with Gasteiger partial charge in [-0.3, -0.25) is 0 Å². The molecule has 1 fully saturated rings. The second-order valence-electron chi connectivity index (χ2n) is 3.75. The third-order valence-electron chi connectivity index (χ3n) is 2.43. The summed E-state index contributed by atoms with van der Waals surface area (Å²) in [6.45, 7) is 4.43. The highest BCUT2D eigenvalue weighted by Crippen LogP contribution is 2.18. The quantitative estimate of drug-likeness (QED) is 0.640. The molecular formula is C9H20N2. The number of hydrogen-bond acceptors (Lipinski definition) is 2. The molecule has 0 amide bonds. The van der Waals surface area contributed by atoms with Crippen LogP contribution in [0.25, 0.3) is 0 Å². The van der Waals surface area contributed by atoms with Crippen LogP contribution in [0.3, 0.4) is 0 Å². The van der Waals surface area contributed by atoms with Gasteiger partial charge in [0, 0.05) is 18.1 Å². The molecule has 0 aromatic heterocycles. The van der Waals surface area contributed by atoms with Crippen LogP contribution in [0.1, 0.15) is 33.1 Å². The van der Waals surface area contributed by atoms with Crippen molar-refractivity contribution in [2.45, 2.75) is 51.2 Å². The second kappa shape index (κ2) is 4.07. The predicted molar refractivity (Wildman–Crippen MR) is 48.8 cm³/mol. The Kier molecular flexibility index (Phi) is 3.34. The van der Waals surface area contributed by atoms with Crippen LogP contribution >= 0.6 is 0 Å². The van der Waals surface area contributed by atoms with Crippen molar-refractivity contribution in [1.29, 1.82) is 0 Å². The molecule has 0 unspecified atom stereocenters. The minimum Gasteiger partial charge on any atom is -0.315 e. The Labute approximate surface area is 69.8 Å². The molecule has 1 aliphatic carbocycles. The van der Waals surface area contributed by atoms with Crippen molar-refractivity contribution in [1.82, 2.24) is 10.6 Å². The topological polar surface area (TPSA) is 24.1 Å². The lowest BCUT2D eigenvalue weighted by Gasteiger charge is -2.22. The van der Waals surface area contributed by atoms with Gasteiger partial charge in [0.25, 0.3) is 0 Å². The summed E-state index contributed by atoms with van der Waals surface area (Å²) >= 11 is 0. The molecule has 2 atom stereocenters. The molecule has 11 heavy (non-hydrogen) atoms. The van der Waals surface area contributed by atoms with E-state index in [-0.39, 0.29) is 0 Å². The van der Waals surface area contributed by atoms with Gasteiger partial charge >= 0.3 is 0 Å². The van der Waals surface area contributed by atoms with E-state index < -0.39 is 0 Å². The monoisotopic (exact) mass is 156 g/mol. The normalized spacial score (nSPS) is 31.6. The van der Waals surface area contributed by atoms with E-state index in [0.717, 1.165) is 0 Å². The smallest absolute Gasteiger partial charge is 0.0223 e. The van der Waals surface area contributed by atoms with Gasteiger partial charge in [0.2, 0.25) is 0 Å². The molecule has 0 aromatic rings. The number of hydrogen-bond donors (Lipinski definition) is 2. The summed E-state index contributed by atoms with van der Waals surface area (Å²) in [7, 11) is 2.06. The third kappa shape index (κ3) is 2.46. The van der Waals surface area contributed by atoms with Crippen LogP contribution in [0.4, 0.5) is 0 Å². The van der Waals surface area contributed by atoms with E-state index in [1.54, 1.807) is 0 Å². The van der Waals surface area contributed by atoms with Gasteiger partial charge in [-0.25, -0.2) is 0 Å². The molecule has 2 N–H and O–H groups in total. The van der Waals surface area contributed by atoms with E-state index in [2.05, 4.69) is 31.5 Å². The largest absolute Gasteiger partial charge is 0.315 e. The van der Waals surface area contributed by atoms with Crippen LogP contribution in [0.15, 0.2) is 0 Å². The van der Waals surface area contributed by atoms with Gasteiger partial charge in [0.15, 0.2) is 0 Å². The lowest BCUT2D eigenvalue weighted by molar-refractivity contribution is 0.401. The average molecular weight is 156 g/mol. The van der Waals surface area contributed by atoms with E-state index in [9.17, 15) is 0 Å². The lowest BCUT2D eigenvalue weighted by Crippen LogP contribution is -2.45. The van der Waals surface area contributed by atoms with Crippen molar-refractivity contribution in [2.24, 2.45) is 0 Å².